The summed E-state index contributed by atoms with van der Waals surface area (Å²) >= 11 is 11.8. The lowest BCUT2D eigenvalue weighted by Gasteiger charge is -2.19. The molecule has 0 spiro atoms. The van der Waals surface area contributed by atoms with E-state index >= 15 is 0 Å². The van der Waals surface area contributed by atoms with Crippen LogP contribution in [0.15, 0.2) is 18.2 Å². The Kier molecular flexibility index (Phi) is 6.36. The molecule has 1 unspecified atom stereocenters. The summed E-state index contributed by atoms with van der Waals surface area (Å²) in [6.07, 6.45) is -0.697. The van der Waals surface area contributed by atoms with Gasteiger partial charge in [0.15, 0.2) is 0 Å². The molecule has 0 radical (unpaired) electrons. The fraction of sp³-hybridized carbons (Fsp3) is 0.538. The molecular weight excluding hydrogens is 289 g/mol. The Hall–Kier alpha value is -0.520. The second-order valence-electron chi connectivity index (χ2n) is 4.98. The van der Waals surface area contributed by atoms with Gasteiger partial charge in [0.05, 0.1) is 10.6 Å². The maximum absolute atomic E-state index is 9.72. The number of rotatable bonds is 7. The molecule has 0 aromatic heterocycles. The highest BCUT2D eigenvalue weighted by atomic mass is 35.5. The summed E-state index contributed by atoms with van der Waals surface area (Å²) < 4.78 is 5.39. The molecule has 0 amide bonds. The van der Waals surface area contributed by atoms with Gasteiger partial charge < -0.3 is 20.3 Å². The highest BCUT2D eigenvalue weighted by Crippen LogP contribution is 2.27. The Morgan fingerprint density at radius 1 is 1.37 bits per heavy atom. The second-order valence-corrected chi connectivity index (χ2v) is 5.83. The quantitative estimate of drug-likeness (QED) is 0.722. The van der Waals surface area contributed by atoms with Gasteiger partial charge in [-0.05, 0) is 26.0 Å². The summed E-state index contributed by atoms with van der Waals surface area (Å²) in [5.74, 6) is 0.440. The average molecular weight is 308 g/mol. The van der Waals surface area contributed by atoms with Crippen molar-refractivity contribution in [2.24, 2.45) is 0 Å². The first kappa shape index (κ1) is 16.5. The molecule has 0 aliphatic carbocycles. The van der Waals surface area contributed by atoms with Crippen LogP contribution in [-0.4, -0.2) is 41.6 Å². The predicted molar refractivity (Wildman–Crippen MR) is 77.1 cm³/mol. The SMILES string of the molecule is CC(C)(O)CNCC(O)COc1cc(Cl)ccc1Cl. The normalized spacial score (nSPS) is 13.4. The predicted octanol–water partition coefficient (Wildman–Crippen LogP) is 2.09. The minimum Gasteiger partial charge on any atom is -0.489 e. The van der Waals surface area contributed by atoms with Crippen LogP contribution in [0.3, 0.4) is 0 Å². The van der Waals surface area contributed by atoms with Gasteiger partial charge in [-0.25, -0.2) is 0 Å². The molecule has 0 aliphatic heterocycles. The van der Waals surface area contributed by atoms with Crippen LogP contribution in [0.5, 0.6) is 5.75 Å². The molecule has 0 heterocycles. The van der Waals surface area contributed by atoms with Crippen molar-refractivity contribution in [3.8, 4) is 5.75 Å². The minimum absolute atomic E-state index is 0.0962. The lowest BCUT2D eigenvalue weighted by atomic mass is 10.1. The first-order chi connectivity index (χ1) is 8.78. The van der Waals surface area contributed by atoms with Crippen LogP contribution >= 0.6 is 23.2 Å². The van der Waals surface area contributed by atoms with Crippen molar-refractivity contribution < 1.29 is 14.9 Å². The van der Waals surface area contributed by atoms with E-state index in [1.54, 1.807) is 32.0 Å². The molecule has 4 nitrogen and oxygen atoms in total. The number of aliphatic hydroxyl groups excluding tert-OH is 1. The van der Waals surface area contributed by atoms with Crippen LogP contribution in [0, 0.1) is 0 Å². The monoisotopic (exact) mass is 307 g/mol. The van der Waals surface area contributed by atoms with Crippen LogP contribution in [-0.2, 0) is 0 Å². The van der Waals surface area contributed by atoms with Crippen LogP contribution in [0.2, 0.25) is 10.0 Å². The van der Waals surface area contributed by atoms with Gasteiger partial charge in [-0.1, -0.05) is 23.2 Å². The van der Waals surface area contributed by atoms with E-state index in [0.29, 0.717) is 28.9 Å². The van der Waals surface area contributed by atoms with Crippen LogP contribution < -0.4 is 10.1 Å². The van der Waals surface area contributed by atoms with Crippen molar-refractivity contribution in [3.63, 3.8) is 0 Å². The largest absolute Gasteiger partial charge is 0.489 e. The molecule has 0 bridgehead atoms. The van der Waals surface area contributed by atoms with Crippen LogP contribution in [0.1, 0.15) is 13.8 Å². The fourth-order valence-electron chi connectivity index (χ4n) is 1.38. The van der Waals surface area contributed by atoms with Crippen LogP contribution in [0.4, 0.5) is 0 Å². The van der Waals surface area contributed by atoms with E-state index in [4.69, 9.17) is 27.9 Å². The van der Waals surface area contributed by atoms with Crippen molar-refractivity contribution in [1.82, 2.24) is 5.32 Å². The molecule has 1 aromatic rings. The number of benzene rings is 1. The number of halogens is 2. The van der Waals surface area contributed by atoms with Crippen molar-refractivity contribution >= 4 is 23.2 Å². The number of hydrogen-bond acceptors (Lipinski definition) is 4. The van der Waals surface area contributed by atoms with E-state index in [1.807, 2.05) is 0 Å². The van der Waals surface area contributed by atoms with E-state index in [-0.39, 0.29) is 6.61 Å². The van der Waals surface area contributed by atoms with Crippen molar-refractivity contribution in [1.29, 1.82) is 0 Å². The van der Waals surface area contributed by atoms with Crippen LogP contribution in [0.25, 0.3) is 0 Å². The maximum atomic E-state index is 9.72. The number of ether oxygens (including phenoxy) is 1. The lowest BCUT2D eigenvalue weighted by Crippen LogP contribution is -2.40. The molecule has 0 aliphatic rings. The molecule has 0 saturated heterocycles. The highest BCUT2D eigenvalue weighted by Gasteiger charge is 2.13. The maximum Gasteiger partial charge on any atom is 0.139 e. The molecule has 0 fully saturated rings. The van der Waals surface area contributed by atoms with E-state index < -0.39 is 11.7 Å². The third-order valence-electron chi connectivity index (χ3n) is 2.26. The first-order valence-electron chi connectivity index (χ1n) is 5.97. The van der Waals surface area contributed by atoms with E-state index in [0.717, 1.165) is 0 Å². The fourth-order valence-corrected chi connectivity index (χ4v) is 1.71. The van der Waals surface area contributed by atoms with Gasteiger partial charge >= 0.3 is 0 Å². The molecule has 108 valence electrons. The summed E-state index contributed by atoms with van der Waals surface area (Å²) in [5.41, 5.74) is -0.809. The molecule has 1 aromatic carbocycles. The molecule has 19 heavy (non-hydrogen) atoms. The van der Waals surface area contributed by atoms with E-state index in [2.05, 4.69) is 5.32 Å². The number of aliphatic hydroxyl groups is 2. The zero-order valence-electron chi connectivity index (χ0n) is 11.0. The first-order valence-corrected chi connectivity index (χ1v) is 6.72. The second kappa shape index (κ2) is 7.31. The Labute approximate surface area is 123 Å². The van der Waals surface area contributed by atoms with Gasteiger partial charge in [0.1, 0.15) is 18.5 Å². The van der Waals surface area contributed by atoms with Gasteiger partial charge in [0.2, 0.25) is 0 Å². The van der Waals surface area contributed by atoms with Crippen molar-refractivity contribution in [3.05, 3.63) is 28.2 Å². The van der Waals surface area contributed by atoms with Crippen molar-refractivity contribution in [2.75, 3.05) is 19.7 Å². The van der Waals surface area contributed by atoms with Gasteiger partial charge in [-0.3, -0.25) is 0 Å². The van der Waals surface area contributed by atoms with E-state index in [9.17, 15) is 10.2 Å². The lowest BCUT2D eigenvalue weighted by molar-refractivity contribution is 0.0665. The molecular formula is C13H19Cl2NO3. The summed E-state index contributed by atoms with van der Waals surface area (Å²) in [6, 6.07) is 4.90. The zero-order chi connectivity index (χ0) is 14.5. The highest BCUT2D eigenvalue weighted by molar-refractivity contribution is 6.34. The molecule has 3 N–H and O–H groups in total. The number of hydrogen-bond donors (Lipinski definition) is 3. The Balaban J connectivity index is 2.34. The number of nitrogens with one attached hydrogen (secondary N) is 1. The molecule has 1 rings (SSSR count). The summed E-state index contributed by atoms with van der Waals surface area (Å²) in [7, 11) is 0. The Morgan fingerprint density at radius 3 is 2.68 bits per heavy atom. The third-order valence-corrected chi connectivity index (χ3v) is 2.81. The van der Waals surface area contributed by atoms with E-state index in [1.165, 1.54) is 0 Å². The Morgan fingerprint density at radius 2 is 2.05 bits per heavy atom. The molecule has 0 saturated carbocycles. The topological polar surface area (TPSA) is 61.7 Å². The Bertz CT molecular complexity index is 407. The van der Waals surface area contributed by atoms with Gasteiger partial charge in [0, 0.05) is 24.2 Å². The molecule has 1 atom stereocenters. The summed E-state index contributed by atoms with van der Waals surface area (Å²) in [5, 5.41) is 23.1. The minimum atomic E-state index is -0.809. The smallest absolute Gasteiger partial charge is 0.139 e. The summed E-state index contributed by atoms with van der Waals surface area (Å²) in [6.45, 7) is 4.19. The standard InChI is InChI=1S/C13H19Cl2NO3/c1-13(2,18)8-16-6-10(17)7-19-12-5-9(14)3-4-11(12)15/h3-5,10,16-18H,6-8H2,1-2H3. The zero-order valence-corrected chi connectivity index (χ0v) is 12.5. The van der Waals surface area contributed by atoms with Gasteiger partial charge in [-0.2, -0.15) is 0 Å². The summed E-state index contributed by atoms with van der Waals surface area (Å²) in [4.78, 5) is 0. The molecule has 6 heteroatoms. The third kappa shape index (κ3) is 6.99. The van der Waals surface area contributed by atoms with Crippen molar-refractivity contribution in [2.45, 2.75) is 25.6 Å². The van der Waals surface area contributed by atoms with Gasteiger partial charge in [0.25, 0.3) is 0 Å². The average Bonchev–Trinajstić information content (AvgIpc) is 2.28. The van der Waals surface area contributed by atoms with Gasteiger partial charge in [-0.15, -0.1) is 0 Å².